The molecule has 3 nitrogen and oxygen atoms in total. The van der Waals surface area contributed by atoms with Gasteiger partial charge in [0, 0.05) is 12.1 Å². The Morgan fingerprint density at radius 3 is 2.38 bits per heavy atom. The first-order valence-corrected chi connectivity index (χ1v) is 5.05. The molecule has 0 aliphatic heterocycles. The number of ether oxygens (including phenoxy) is 1. The molecule has 0 fully saturated rings. The molecule has 4 heteroatoms. The van der Waals surface area contributed by atoms with Crippen molar-refractivity contribution in [1.82, 2.24) is 4.90 Å². The van der Waals surface area contributed by atoms with E-state index in [4.69, 9.17) is 4.74 Å². The van der Waals surface area contributed by atoms with Gasteiger partial charge in [0.25, 0.3) is 0 Å². The van der Waals surface area contributed by atoms with Crippen LogP contribution >= 0.6 is 12.4 Å². The predicted molar refractivity (Wildman–Crippen MR) is 67.7 cm³/mol. The van der Waals surface area contributed by atoms with Crippen LogP contribution in [0.5, 0.6) is 5.75 Å². The monoisotopic (exact) mass is 243 g/mol. The summed E-state index contributed by atoms with van der Waals surface area (Å²) in [5, 5.41) is 0. The van der Waals surface area contributed by atoms with Gasteiger partial charge in [-0.05, 0) is 44.8 Å². The Hall–Kier alpha value is -1.06. The first-order valence-electron chi connectivity index (χ1n) is 5.05. The minimum Gasteiger partial charge on any atom is -0.494 e. The van der Waals surface area contributed by atoms with Crippen molar-refractivity contribution >= 4 is 18.7 Å². The lowest BCUT2D eigenvalue weighted by Gasteiger charge is -2.10. The molecule has 0 radical (unpaired) electrons. The van der Waals surface area contributed by atoms with Crippen molar-refractivity contribution in [3.05, 3.63) is 29.8 Å². The molecule has 90 valence electrons. The number of benzene rings is 1. The van der Waals surface area contributed by atoms with Gasteiger partial charge in [-0.15, -0.1) is 12.4 Å². The summed E-state index contributed by atoms with van der Waals surface area (Å²) in [6, 6.07) is 7.15. The Bertz CT molecular complexity index is 298. The number of carbonyl (C=O) groups is 1. The van der Waals surface area contributed by atoms with Gasteiger partial charge in [0.15, 0.2) is 0 Å². The molecule has 0 amide bonds. The molecular weight excluding hydrogens is 226 g/mol. The third-order valence-electron chi connectivity index (χ3n) is 2.03. The van der Waals surface area contributed by atoms with Crippen molar-refractivity contribution in [3.8, 4) is 5.75 Å². The molecule has 0 aliphatic rings. The maximum Gasteiger partial charge on any atom is 0.150 e. The topological polar surface area (TPSA) is 29.5 Å². The van der Waals surface area contributed by atoms with Crippen molar-refractivity contribution in [2.24, 2.45) is 0 Å². The highest BCUT2D eigenvalue weighted by Crippen LogP contribution is 2.11. The number of nitrogens with zero attached hydrogens (tertiary/aromatic N) is 1. The Balaban J connectivity index is 0.00000225. The van der Waals surface area contributed by atoms with Crippen molar-refractivity contribution in [3.63, 3.8) is 0 Å². The summed E-state index contributed by atoms with van der Waals surface area (Å²) in [6.45, 7) is 1.73. The normalized spacial score (nSPS) is 9.69. The van der Waals surface area contributed by atoms with Crippen LogP contribution in [-0.2, 0) is 0 Å². The van der Waals surface area contributed by atoms with E-state index in [1.807, 2.05) is 26.2 Å². The largest absolute Gasteiger partial charge is 0.494 e. The highest BCUT2D eigenvalue weighted by atomic mass is 35.5. The molecule has 0 aliphatic carbocycles. The molecule has 1 aromatic carbocycles. The van der Waals surface area contributed by atoms with Crippen LogP contribution in [0.15, 0.2) is 24.3 Å². The zero-order chi connectivity index (χ0) is 11.1. The second-order valence-corrected chi connectivity index (χ2v) is 3.69. The molecule has 1 aromatic rings. The van der Waals surface area contributed by atoms with Crippen LogP contribution in [0.2, 0.25) is 0 Å². The molecule has 0 spiro atoms. The minimum atomic E-state index is 0. The number of hydrogen-bond acceptors (Lipinski definition) is 3. The molecule has 0 aromatic heterocycles. The zero-order valence-corrected chi connectivity index (χ0v) is 10.5. The molecule has 0 atom stereocenters. The lowest BCUT2D eigenvalue weighted by Crippen LogP contribution is -2.15. The van der Waals surface area contributed by atoms with Crippen LogP contribution in [0.3, 0.4) is 0 Å². The SMILES string of the molecule is CN(C)CCCOc1ccc(C=O)cc1.Cl. The van der Waals surface area contributed by atoms with Crippen molar-refractivity contribution in [1.29, 1.82) is 0 Å². The summed E-state index contributed by atoms with van der Waals surface area (Å²) in [5.74, 6) is 0.819. The van der Waals surface area contributed by atoms with Crippen LogP contribution < -0.4 is 4.74 Å². The predicted octanol–water partition coefficient (Wildman–Crippen LogP) is 2.25. The van der Waals surface area contributed by atoms with Crippen LogP contribution in [0.1, 0.15) is 16.8 Å². The molecular formula is C12H18ClNO2. The number of rotatable bonds is 6. The second kappa shape index (κ2) is 8.13. The van der Waals surface area contributed by atoms with Gasteiger partial charge in [0.05, 0.1) is 6.61 Å². The summed E-state index contributed by atoms with van der Waals surface area (Å²) in [5.41, 5.74) is 0.677. The van der Waals surface area contributed by atoms with Gasteiger partial charge < -0.3 is 9.64 Å². The molecule has 0 bridgehead atoms. The molecule has 0 saturated heterocycles. The third kappa shape index (κ3) is 5.73. The van der Waals surface area contributed by atoms with Crippen LogP contribution in [0.4, 0.5) is 0 Å². The summed E-state index contributed by atoms with van der Waals surface area (Å²) < 4.78 is 5.51. The second-order valence-electron chi connectivity index (χ2n) is 3.69. The van der Waals surface area contributed by atoms with E-state index in [2.05, 4.69) is 4.90 Å². The van der Waals surface area contributed by atoms with E-state index in [1.165, 1.54) is 0 Å². The highest BCUT2D eigenvalue weighted by molar-refractivity contribution is 5.85. The molecule has 16 heavy (non-hydrogen) atoms. The van der Waals surface area contributed by atoms with Crippen LogP contribution in [0, 0.1) is 0 Å². The van der Waals surface area contributed by atoms with Gasteiger partial charge in [-0.25, -0.2) is 0 Å². The third-order valence-corrected chi connectivity index (χ3v) is 2.03. The van der Waals surface area contributed by atoms with Gasteiger partial charge >= 0.3 is 0 Å². The Kier molecular flexibility index (Phi) is 7.60. The first kappa shape index (κ1) is 14.9. The van der Waals surface area contributed by atoms with Gasteiger partial charge in [0.1, 0.15) is 12.0 Å². The summed E-state index contributed by atoms with van der Waals surface area (Å²) in [4.78, 5) is 12.5. The Morgan fingerprint density at radius 1 is 1.25 bits per heavy atom. The van der Waals surface area contributed by atoms with E-state index < -0.39 is 0 Å². The first-order chi connectivity index (χ1) is 7.22. The van der Waals surface area contributed by atoms with E-state index in [9.17, 15) is 4.79 Å². The van der Waals surface area contributed by atoms with Gasteiger partial charge in [-0.3, -0.25) is 4.79 Å². The minimum absolute atomic E-state index is 0. The van der Waals surface area contributed by atoms with Crippen LogP contribution in [-0.4, -0.2) is 38.4 Å². The summed E-state index contributed by atoms with van der Waals surface area (Å²) in [7, 11) is 4.08. The quantitative estimate of drug-likeness (QED) is 0.567. The van der Waals surface area contributed by atoms with Crippen molar-refractivity contribution < 1.29 is 9.53 Å². The maximum absolute atomic E-state index is 10.4. The van der Waals surface area contributed by atoms with Crippen molar-refractivity contribution in [2.75, 3.05) is 27.2 Å². The number of hydrogen-bond donors (Lipinski definition) is 0. The van der Waals surface area contributed by atoms with E-state index >= 15 is 0 Å². The van der Waals surface area contributed by atoms with Gasteiger partial charge in [-0.2, -0.15) is 0 Å². The summed E-state index contributed by atoms with van der Waals surface area (Å²) >= 11 is 0. The van der Waals surface area contributed by atoms with E-state index in [1.54, 1.807) is 12.1 Å². The molecule has 0 heterocycles. The van der Waals surface area contributed by atoms with Gasteiger partial charge in [0.2, 0.25) is 0 Å². The number of carbonyl (C=O) groups excluding carboxylic acids is 1. The zero-order valence-electron chi connectivity index (χ0n) is 9.68. The Morgan fingerprint density at radius 2 is 1.88 bits per heavy atom. The Labute approximate surface area is 103 Å². The lowest BCUT2D eigenvalue weighted by molar-refractivity contribution is 0.112. The highest BCUT2D eigenvalue weighted by Gasteiger charge is 1.95. The average Bonchev–Trinajstić information content (AvgIpc) is 2.25. The maximum atomic E-state index is 10.4. The molecule has 1 rings (SSSR count). The molecule has 0 unspecified atom stereocenters. The fourth-order valence-corrected chi connectivity index (χ4v) is 1.21. The van der Waals surface area contributed by atoms with E-state index in [0.717, 1.165) is 25.0 Å². The fraction of sp³-hybridized carbons (Fsp3) is 0.417. The number of halogens is 1. The van der Waals surface area contributed by atoms with E-state index in [-0.39, 0.29) is 12.4 Å². The van der Waals surface area contributed by atoms with Crippen LogP contribution in [0.25, 0.3) is 0 Å². The van der Waals surface area contributed by atoms with E-state index in [0.29, 0.717) is 12.2 Å². The van der Waals surface area contributed by atoms with Gasteiger partial charge in [-0.1, -0.05) is 0 Å². The molecule has 0 N–H and O–H groups in total. The summed E-state index contributed by atoms with van der Waals surface area (Å²) in [6.07, 6.45) is 1.83. The lowest BCUT2D eigenvalue weighted by atomic mass is 10.2. The standard InChI is InChI=1S/C12H17NO2.ClH/c1-13(2)8-3-9-15-12-6-4-11(10-14)5-7-12;/h4-7,10H,3,8-9H2,1-2H3;1H. The fourth-order valence-electron chi connectivity index (χ4n) is 1.21. The molecule has 0 saturated carbocycles. The average molecular weight is 244 g/mol. The number of aldehydes is 1. The smallest absolute Gasteiger partial charge is 0.150 e. The van der Waals surface area contributed by atoms with Crippen molar-refractivity contribution in [2.45, 2.75) is 6.42 Å².